The van der Waals surface area contributed by atoms with E-state index >= 15 is 0 Å². The Bertz CT molecular complexity index is 772. The highest BCUT2D eigenvalue weighted by Gasteiger charge is 2.17. The molecule has 0 atom stereocenters. The second-order valence-electron chi connectivity index (χ2n) is 4.43. The van der Waals surface area contributed by atoms with Crippen molar-refractivity contribution >= 4 is 5.91 Å². The van der Waals surface area contributed by atoms with Crippen LogP contribution in [0.15, 0.2) is 36.4 Å². The Morgan fingerprint density at radius 3 is 2.40 bits per heavy atom. The number of benzene rings is 2. The van der Waals surface area contributed by atoms with Crippen LogP contribution in [0.2, 0.25) is 0 Å². The standard InChI is InChI=1S/C16H9F2NO/c17-14-6-4-11(8-15(14)18)2-1-10-3-5-13-12(7-10)9-19-16(13)20/h3-8H,9H2,(H,19,20). The van der Waals surface area contributed by atoms with E-state index in [1.807, 2.05) is 6.07 Å². The molecule has 4 heteroatoms. The number of hydrogen-bond donors (Lipinski definition) is 1. The van der Waals surface area contributed by atoms with E-state index in [2.05, 4.69) is 17.2 Å². The Kier molecular flexibility index (Phi) is 2.96. The van der Waals surface area contributed by atoms with Crippen LogP contribution in [0, 0.1) is 23.5 Å². The van der Waals surface area contributed by atoms with Crippen LogP contribution < -0.4 is 5.32 Å². The third-order valence-electron chi connectivity index (χ3n) is 3.06. The van der Waals surface area contributed by atoms with Crippen LogP contribution in [0.5, 0.6) is 0 Å². The number of rotatable bonds is 0. The Morgan fingerprint density at radius 1 is 0.950 bits per heavy atom. The summed E-state index contributed by atoms with van der Waals surface area (Å²) in [7, 11) is 0. The van der Waals surface area contributed by atoms with Gasteiger partial charge < -0.3 is 5.32 Å². The van der Waals surface area contributed by atoms with Gasteiger partial charge in [-0.25, -0.2) is 8.78 Å². The lowest BCUT2D eigenvalue weighted by Crippen LogP contribution is -2.12. The predicted octanol–water partition coefficient (Wildman–Crippen LogP) is 2.61. The largest absolute Gasteiger partial charge is 0.348 e. The van der Waals surface area contributed by atoms with E-state index in [0.29, 0.717) is 17.7 Å². The molecule has 0 aromatic heterocycles. The average molecular weight is 269 g/mol. The van der Waals surface area contributed by atoms with Gasteiger partial charge in [0.15, 0.2) is 11.6 Å². The lowest BCUT2D eigenvalue weighted by molar-refractivity contribution is 0.0966. The molecule has 1 aliphatic rings. The minimum atomic E-state index is -0.916. The fourth-order valence-electron chi connectivity index (χ4n) is 2.03. The van der Waals surface area contributed by atoms with E-state index in [0.717, 1.165) is 23.3 Å². The summed E-state index contributed by atoms with van der Waals surface area (Å²) in [5, 5.41) is 2.72. The van der Waals surface area contributed by atoms with E-state index in [1.165, 1.54) is 6.07 Å². The minimum Gasteiger partial charge on any atom is -0.348 e. The Labute approximate surface area is 114 Å². The first-order chi connectivity index (χ1) is 9.63. The first-order valence-corrected chi connectivity index (χ1v) is 6.02. The predicted molar refractivity (Wildman–Crippen MR) is 70.0 cm³/mol. The summed E-state index contributed by atoms with van der Waals surface area (Å²) in [4.78, 5) is 11.4. The van der Waals surface area contributed by atoms with Gasteiger partial charge in [-0.05, 0) is 42.0 Å². The van der Waals surface area contributed by atoms with Gasteiger partial charge in [0.2, 0.25) is 0 Å². The van der Waals surface area contributed by atoms with E-state index in [1.54, 1.807) is 12.1 Å². The molecule has 1 aliphatic heterocycles. The summed E-state index contributed by atoms with van der Waals surface area (Å²) in [5.74, 6) is 3.75. The van der Waals surface area contributed by atoms with Gasteiger partial charge in [0, 0.05) is 23.2 Å². The van der Waals surface area contributed by atoms with Gasteiger partial charge in [0.05, 0.1) is 0 Å². The van der Waals surface area contributed by atoms with Gasteiger partial charge in [0.25, 0.3) is 5.91 Å². The summed E-state index contributed by atoms with van der Waals surface area (Å²) in [5.41, 5.74) is 2.68. The van der Waals surface area contributed by atoms with Gasteiger partial charge in [-0.15, -0.1) is 0 Å². The lowest BCUT2D eigenvalue weighted by Gasteiger charge is -1.96. The van der Waals surface area contributed by atoms with E-state index < -0.39 is 11.6 Å². The van der Waals surface area contributed by atoms with E-state index in [-0.39, 0.29) is 5.91 Å². The maximum Gasteiger partial charge on any atom is 0.251 e. The summed E-state index contributed by atoms with van der Waals surface area (Å²) in [6, 6.07) is 8.79. The van der Waals surface area contributed by atoms with Crippen LogP contribution in [-0.4, -0.2) is 5.91 Å². The van der Waals surface area contributed by atoms with E-state index in [4.69, 9.17) is 0 Å². The molecule has 98 valence electrons. The molecule has 0 spiro atoms. The number of carbonyl (C=O) groups is 1. The number of fused-ring (bicyclic) bond motifs is 1. The third-order valence-corrected chi connectivity index (χ3v) is 3.06. The molecule has 0 saturated heterocycles. The Balaban J connectivity index is 1.91. The van der Waals surface area contributed by atoms with Crippen molar-refractivity contribution in [2.24, 2.45) is 0 Å². The minimum absolute atomic E-state index is 0.0832. The fraction of sp³-hybridized carbons (Fsp3) is 0.0625. The zero-order valence-corrected chi connectivity index (χ0v) is 10.3. The van der Waals surface area contributed by atoms with Crippen molar-refractivity contribution in [3.05, 3.63) is 70.3 Å². The molecule has 20 heavy (non-hydrogen) atoms. The third kappa shape index (κ3) is 2.26. The zero-order valence-electron chi connectivity index (χ0n) is 10.3. The van der Waals surface area contributed by atoms with Crippen molar-refractivity contribution < 1.29 is 13.6 Å². The normalized spacial score (nSPS) is 12.4. The van der Waals surface area contributed by atoms with Gasteiger partial charge in [-0.2, -0.15) is 0 Å². The molecule has 1 N–H and O–H groups in total. The molecule has 0 fully saturated rings. The first-order valence-electron chi connectivity index (χ1n) is 6.02. The van der Waals surface area contributed by atoms with Gasteiger partial charge in [-0.3, -0.25) is 4.79 Å². The first kappa shape index (κ1) is 12.4. The summed E-state index contributed by atoms with van der Waals surface area (Å²) in [6.07, 6.45) is 0. The molecular formula is C16H9F2NO. The molecule has 3 rings (SSSR count). The zero-order chi connectivity index (χ0) is 14.1. The maximum absolute atomic E-state index is 13.0. The summed E-state index contributed by atoms with van der Waals surface area (Å²) < 4.78 is 25.8. The Hall–Kier alpha value is -2.67. The molecule has 2 aromatic carbocycles. The van der Waals surface area contributed by atoms with Crippen LogP contribution in [-0.2, 0) is 6.54 Å². The highest BCUT2D eigenvalue weighted by atomic mass is 19.2. The highest BCUT2D eigenvalue weighted by molar-refractivity contribution is 5.98. The number of nitrogens with one attached hydrogen (secondary N) is 1. The molecule has 2 aromatic rings. The van der Waals surface area contributed by atoms with Crippen LogP contribution in [0.4, 0.5) is 8.78 Å². The lowest BCUT2D eigenvalue weighted by atomic mass is 10.1. The smallest absolute Gasteiger partial charge is 0.251 e. The van der Waals surface area contributed by atoms with Crippen molar-refractivity contribution in [2.45, 2.75) is 6.54 Å². The van der Waals surface area contributed by atoms with Crippen LogP contribution in [0.1, 0.15) is 27.0 Å². The number of carbonyl (C=O) groups excluding carboxylic acids is 1. The molecule has 1 amide bonds. The van der Waals surface area contributed by atoms with E-state index in [9.17, 15) is 13.6 Å². The fourth-order valence-corrected chi connectivity index (χ4v) is 2.03. The second-order valence-corrected chi connectivity index (χ2v) is 4.43. The average Bonchev–Trinajstić information content (AvgIpc) is 2.81. The molecule has 0 saturated carbocycles. The van der Waals surface area contributed by atoms with Crippen molar-refractivity contribution in [1.82, 2.24) is 5.32 Å². The van der Waals surface area contributed by atoms with Gasteiger partial charge in [0.1, 0.15) is 0 Å². The molecule has 0 aliphatic carbocycles. The molecule has 0 unspecified atom stereocenters. The second kappa shape index (κ2) is 4.78. The number of hydrogen-bond acceptors (Lipinski definition) is 1. The van der Waals surface area contributed by atoms with Crippen LogP contribution >= 0.6 is 0 Å². The number of halogens is 2. The van der Waals surface area contributed by atoms with Gasteiger partial charge >= 0.3 is 0 Å². The number of amides is 1. The van der Waals surface area contributed by atoms with Crippen LogP contribution in [0.3, 0.4) is 0 Å². The monoisotopic (exact) mass is 269 g/mol. The highest BCUT2D eigenvalue weighted by Crippen LogP contribution is 2.16. The SMILES string of the molecule is O=C1NCc2cc(C#Cc3ccc(F)c(F)c3)ccc21. The molecule has 2 nitrogen and oxygen atoms in total. The maximum atomic E-state index is 13.0. The van der Waals surface area contributed by atoms with Gasteiger partial charge in [-0.1, -0.05) is 11.8 Å². The quantitative estimate of drug-likeness (QED) is 0.732. The Morgan fingerprint density at radius 2 is 1.65 bits per heavy atom. The molecule has 0 bridgehead atoms. The van der Waals surface area contributed by atoms with Crippen molar-refractivity contribution in [3.63, 3.8) is 0 Å². The summed E-state index contributed by atoms with van der Waals surface area (Å²) >= 11 is 0. The molecular weight excluding hydrogens is 260 g/mol. The summed E-state index contributed by atoms with van der Waals surface area (Å²) in [6.45, 7) is 0.495. The molecule has 0 radical (unpaired) electrons. The van der Waals surface area contributed by atoms with Crippen molar-refractivity contribution in [3.8, 4) is 11.8 Å². The van der Waals surface area contributed by atoms with Crippen molar-refractivity contribution in [2.75, 3.05) is 0 Å². The molecule has 1 heterocycles. The topological polar surface area (TPSA) is 29.1 Å². The van der Waals surface area contributed by atoms with Crippen LogP contribution in [0.25, 0.3) is 0 Å². The van der Waals surface area contributed by atoms with Crippen molar-refractivity contribution in [1.29, 1.82) is 0 Å².